The number of ether oxygens (including phenoxy) is 1. The van der Waals surface area contributed by atoms with Crippen LogP contribution in [0.25, 0.3) is 0 Å². The largest absolute Gasteiger partial charge is 0.453 e. The SMILES string of the molecule is CC.CC.CC.CC.CC.c1ccc(N2c3ccccc3B3c4cccc5c4N(c4ccccc4O5)c4cccc2c43)cc1. The van der Waals surface area contributed by atoms with Crippen molar-refractivity contribution in [2.75, 3.05) is 9.80 Å². The molecule has 0 amide bonds. The zero-order chi connectivity index (χ0) is 32.2. The average Bonchev–Trinajstić information content (AvgIpc) is 3.14. The van der Waals surface area contributed by atoms with Crippen molar-refractivity contribution in [1.82, 2.24) is 0 Å². The summed E-state index contributed by atoms with van der Waals surface area (Å²) in [6, 6.07) is 41.0. The maximum Gasteiger partial charge on any atom is 0.252 e. The van der Waals surface area contributed by atoms with E-state index in [1.165, 1.54) is 39.1 Å². The van der Waals surface area contributed by atoms with Crippen LogP contribution in [0, 0.1) is 0 Å². The molecule has 0 aliphatic carbocycles. The van der Waals surface area contributed by atoms with Crippen molar-refractivity contribution >= 4 is 57.2 Å². The van der Waals surface area contributed by atoms with Crippen molar-refractivity contribution in [2.24, 2.45) is 0 Å². The first kappa shape index (κ1) is 34.1. The third-order valence-electron chi connectivity index (χ3n) is 7.22. The second-order valence-electron chi connectivity index (χ2n) is 8.97. The molecule has 0 atom stereocenters. The minimum atomic E-state index is 0.141. The summed E-state index contributed by atoms with van der Waals surface area (Å²) in [5.41, 5.74) is 11.0. The molecule has 4 heteroatoms. The number of fused-ring (bicyclic) bond motifs is 6. The van der Waals surface area contributed by atoms with Gasteiger partial charge in [0.05, 0.1) is 11.4 Å². The van der Waals surface area contributed by atoms with Crippen LogP contribution in [0.1, 0.15) is 69.2 Å². The van der Waals surface area contributed by atoms with Gasteiger partial charge >= 0.3 is 0 Å². The van der Waals surface area contributed by atoms with Crippen molar-refractivity contribution in [3.63, 3.8) is 0 Å². The van der Waals surface area contributed by atoms with Crippen molar-refractivity contribution in [1.29, 1.82) is 0 Å². The van der Waals surface area contributed by atoms with Gasteiger partial charge in [-0.1, -0.05) is 136 Å². The van der Waals surface area contributed by atoms with Gasteiger partial charge in [0.25, 0.3) is 6.71 Å². The lowest BCUT2D eigenvalue weighted by atomic mass is 9.33. The van der Waals surface area contributed by atoms with E-state index in [0.717, 1.165) is 22.9 Å². The van der Waals surface area contributed by atoms with Gasteiger partial charge in [0.1, 0.15) is 0 Å². The van der Waals surface area contributed by atoms with Gasteiger partial charge in [0.15, 0.2) is 11.5 Å². The predicted molar refractivity (Wildman–Crippen MR) is 197 cm³/mol. The van der Waals surface area contributed by atoms with E-state index in [2.05, 4.69) is 119 Å². The van der Waals surface area contributed by atoms with Crippen LogP contribution >= 0.6 is 0 Å². The molecule has 0 radical (unpaired) electrons. The zero-order valence-corrected chi connectivity index (χ0v) is 28.3. The van der Waals surface area contributed by atoms with Gasteiger partial charge in [-0.3, -0.25) is 0 Å². The third kappa shape index (κ3) is 5.74. The highest BCUT2D eigenvalue weighted by Gasteiger charge is 2.45. The Balaban J connectivity index is 0.000000485. The molecule has 228 valence electrons. The van der Waals surface area contributed by atoms with Crippen LogP contribution in [0.5, 0.6) is 11.5 Å². The van der Waals surface area contributed by atoms with Crippen molar-refractivity contribution in [2.45, 2.75) is 69.2 Å². The molecule has 0 unspecified atom stereocenters. The summed E-state index contributed by atoms with van der Waals surface area (Å²) >= 11 is 0. The quantitative estimate of drug-likeness (QED) is 0.179. The van der Waals surface area contributed by atoms with Crippen LogP contribution in [-0.2, 0) is 0 Å². The second-order valence-corrected chi connectivity index (χ2v) is 8.97. The summed E-state index contributed by atoms with van der Waals surface area (Å²) in [5.74, 6) is 1.80. The third-order valence-corrected chi connectivity index (χ3v) is 7.22. The summed E-state index contributed by atoms with van der Waals surface area (Å²) in [4.78, 5) is 4.81. The molecule has 8 rings (SSSR count). The van der Waals surface area contributed by atoms with E-state index in [1.54, 1.807) is 0 Å². The summed E-state index contributed by atoms with van der Waals surface area (Å²) in [7, 11) is 0. The van der Waals surface area contributed by atoms with E-state index < -0.39 is 0 Å². The van der Waals surface area contributed by atoms with E-state index >= 15 is 0 Å². The maximum absolute atomic E-state index is 6.41. The van der Waals surface area contributed by atoms with E-state index in [0.29, 0.717) is 0 Å². The van der Waals surface area contributed by atoms with Crippen molar-refractivity contribution in [3.8, 4) is 11.5 Å². The number of rotatable bonds is 1. The van der Waals surface area contributed by atoms with Gasteiger partial charge < -0.3 is 14.5 Å². The molecule has 5 aromatic carbocycles. The molecule has 3 heterocycles. The Morgan fingerprint density at radius 1 is 0.409 bits per heavy atom. The molecule has 0 aromatic heterocycles. The number of anilines is 6. The molecule has 3 aliphatic rings. The first-order valence-electron chi connectivity index (χ1n) is 16.7. The molecule has 44 heavy (non-hydrogen) atoms. The number of para-hydroxylation sites is 5. The summed E-state index contributed by atoms with van der Waals surface area (Å²) < 4.78 is 6.41. The fraction of sp³-hybridized carbons (Fsp3) is 0.250. The highest BCUT2D eigenvalue weighted by Crippen LogP contribution is 2.52. The Hall–Kier alpha value is -4.44. The number of hydrogen-bond acceptors (Lipinski definition) is 3. The summed E-state index contributed by atoms with van der Waals surface area (Å²) in [5, 5.41) is 0. The Labute approximate surface area is 267 Å². The van der Waals surface area contributed by atoms with Crippen LogP contribution < -0.4 is 30.9 Å². The van der Waals surface area contributed by atoms with Gasteiger partial charge in [-0.15, -0.1) is 0 Å². The minimum Gasteiger partial charge on any atom is -0.453 e. The smallest absolute Gasteiger partial charge is 0.252 e. The molecule has 0 saturated heterocycles. The normalized spacial score (nSPS) is 11.5. The Bertz CT molecular complexity index is 1620. The Kier molecular flexibility index (Phi) is 12.7. The molecular formula is C40H49BN2O. The first-order valence-corrected chi connectivity index (χ1v) is 16.7. The van der Waals surface area contributed by atoms with Gasteiger partial charge in [0.2, 0.25) is 0 Å². The Morgan fingerprint density at radius 3 is 1.57 bits per heavy atom. The minimum absolute atomic E-state index is 0.141. The topological polar surface area (TPSA) is 15.7 Å². The van der Waals surface area contributed by atoms with Crippen LogP contribution in [-0.4, -0.2) is 6.71 Å². The van der Waals surface area contributed by atoms with Gasteiger partial charge in [-0.25, -0.2) is 0 Å². The highest BCUT2D eigenvalue weighted by atomic mass is 16.5. The average molecular weight is 585 g/mol. The molecular weight excluding hydrogens is 535 g/mol. The molecule has 0 fully saturated rings. The second kappa shape index (κ2) is 16.4. The number of hydrogen-bond donors (Lipinski definition) is 0. The van der Waals surface area contributed by atoms with Crippen LogP contribution in [0.2, 0.25) is 0 Å². The molecule has 3 nitrogen and oxygen atoms in total. The molecule has 5 aromatic rings. The van der Waals surface area contributed by atoms with Crippen LogP contribution in [0.4, 0.5) is 34.1 Å². The van der Waals surface area contributed by atoms with Gasteiger partial charge in [-0.05, 0) is 64.9 Å². The van der Waals surface area contributed by atoms with Gasteiger partial charge in [-0.2, -0.15) is 0 Å². The summed E-state index contributed by atoms with van der Waals surface area (Å²) in [6.07, 6.45) is 0. The molecule has 0 saturated carbocycles. The van der Waals surface area contributed by atoms with E-state index in [9.17, 15) is 0 Å². The zero-order valence-electron chi connectivity index (χ0n) is 28.3. The monoisotopic (exact) mass is 584 g/mol. The maximum atomic E-state index is 6.41. The first-order chi connectivity index (χ1) is 21.9. The lowest BCUT2D eigenvalue weighted by Crippen LogP contribution is -2.61. The summed E-state index contributed by atoms with van der Waals surface area (Å²) in [6.45, 7) is 20.1. The molecule has 0 bridgehead atoms. The standard InChI is InChI=1S/C30H19BN2O.5C2H6/c1-2-10-20(11-3-1)32-23-14-5-4-12-21(23)31-22-13-8-19-28-30(22)33(24-15-6-7-18-27(24)34-28)26-17-9-16-25(32)29(26)31;5*1-2/h1-19H;5*1-2H3. The van der Waals surface area contributed by atoms with E-state index in [4.69, 9.17) is 4.74 Å². The van der Waals surface area contributed by atoms with Crippen molar-refractivity contribution in [3.05, 3.63) is 115 Å². The fourth-order valence-corrected chi connectivity index (χ4v) is 5.94. The number of benzene rings is 5. The lowest BCUT2D eigenvalue weighted by Gasteiger charge is -2.45. The molecule has 3 aliphatic heterocycles. The van der Waals surface area contributed by atoms with Crippen molar-refractivity contribution < 1.29 is 4.74 Å². The van der Waals surface area contributed by atoms with Crippen LogP contribution in [0.3, 0.4) is 0 Å². The molecule has 0 spiro atoms. The predicted octanol–water partition coefficient (Wildman–Crippen LogP) is 11.0. The van der Waals surface area contributed by atoms with E-state index in [1.807, 2.05) is 75.3 Å². The molecule has 0 N–H and O–H groups in total. The Morgan fingerprint density at radius 2 is 0.886 bits per heavy atom. The fourth-order valence-electron chi connectivity index (χ4n) is 5.94. The lowest BCUT2D eigenvalue weighted by molar-refractivity contribution is 0.477. The van der Waals surface area contributed by atoms with E-state index in [-0.39, 0.29) is 6.71 Å². The van der Waals surface area contributed by atoms with Gasteiger partial charge in [0, 0.05) is 22.7 Å². The van der Waals surface area contributed by atoms with Crippen LogP contribution in [0.15, 0.2) is 115 Å². The number of nitrogens with zero attached hydrogens (tertiary/aromatic N) is 2. The highest BCUT2D eigenvalue weighted by molar-refractivity contribution is 7.00.